The molecule has 2 aromatic rings. The fourth-order valence-electron chi connectivity index (χ4n) is 1.68. The van der Waals surface area contributed by atoms with E-state index in [0.717, 1.165) is 0 Å². The highest BCUT2D eigenvalue weighted by Crippen LogP contribution is 2.19. The first kappa shape index (κ1) is 14.1. The van der Waals surface area contributed by atoms with E-state index in [9.17, 15) is 13.2 Å². The van der Waals surface area contributed by atoms with Crippen molar-refractivity contribution in [2.45, 2.75) is 18.7 Å². The lowest BCUT2D eigenvalue weighted by molar-refractivity contribution is 0.0999. The Morgan fingerprint density at radius 1 is 1.30 bits per heavy atom. The van der Waals surface area contributed by atoms with Gasteiger partial charge in [0, 0.05) is 11.1 Å². The molecule has 1 amide bonds. The zero-order valence-electron chi connectivity index (χ0n) is 11.0. The van der Waals surface area contributed by atoms with Gasteiger partial charge in [0.1, 0.15) is 5.82 Å². The Hall–Kier alpha value is -2.35. The van der Waals surface area contributed by atoms with Gasteiger partial charge in [0.05, 0.1) is 11.1 Å². The number of hydrogen-bond donors (Lipinski definition) is 3. The number of sulfonamides is 1. The molecule has 0 radical (unpaired) electrons. The van der Waals surface area contributed by atoms with Crippen molar-refractivity contribution in [1.29, 1.82) is 0 Å². The monoisotopic (exact) mass is 294 g/mol. The number of aromatic amines is 1. The van der Waals surface area contributed by atoms with Gasteiger partial charge in [-0.15, -0.1) is 0 Å². The lowest BCUT2D eigenvalue weighted by Gasteiger charge is -2.09. The summed E-state index contributed by atoms with van der Waals surface area (Å²) in [4.78, 5) is 11.2. The Morgan fingerprint density at radius 3 is 2.55 bits per heavy atom. The van der Waals surface area contributed by atoms with E-state index < -0.39 is 15.9 Å². The molecule has 106 valence electrons. The number of H-pyrrole nitrogens is 1. The standard InChI is InChI=1S/C12H14N4O3S/c1-7-3-4-9(5-10(7)11(13)17)20(18,19)16-12-8(2)6-14-15-12/h3-6H,1-2H3,(H2,13,17)(H2,14,15,16). The van der Waals surface area contributed by atoms with E-state index >= 15 is 0 Å². The summed E-state index contributed by atoms with van der Waals surface area (Å²) in [6.07, 6.45) is 1.50. The van der Waals surface area contributed by atoms with Crippen LogP contribution in [-0.4, -0.2) is 24.5 Å². The molecular formula is C12H14N4O3S. The Labute approximate surface area is 116 Å². The number of carbonyl (C=O) groups excluding carboxylic acids is 1. The second-order valence-corrected chi connectivity index (χ2v) is 6.06. The predicted octanol–water partition coefficient (Wildman–Crippen LogP) is 0.926. The zero-order valence-corrected chi connectivity index (χ0v) is 11.8. The summed E-state index contributed by atoms with van der Waals surface area (Å²) in [6.45, 7) is 3.40. The van der Waals surface area contributed by atoms with Crippen molar-refractivity contribution in [1.82, 2.24) is 10.2 Å². The molecular weight excluding hydrogens is 280 g/mol. The molecule has 1 heterocycles. The number of rotatable bonds is 4. The van der Waals surface area contributed by atoms with Crippen LogP contribution in [0.1, 0.15) is 21.5 Å². The second-order valence-electron chi connectivity index (χ2n) is 4.37. The third kappa shape index (κ3) is 2.64. The van der Waals surface area contributed by atoms with Crippen molar-refractivity contribution in [3.8, 4) is 0 Å². The van der Waals surface area contributed by atoms with Crippen LogP contribution in [0.5, 0.6) is 0 Å². The fraction of sp³-hybridized carbons (Fsp3) is 0.167. The van der Waals surface area contributed by atoms with Crippen molar-refractivity contribution in [2.24, 2.45) is 5.73 Å². The minimum Gasteiger partial charge on any atom is -0.366 e. The first-order valence-electron chi connectivity index (χ1n) is 5.74. The van der Waals surface area contributed by atoms with E-state index in [-0.39, 0.29) is 16.3 Å². The maximum absolute atomic E-state index is 12.2. The van der Waals surface area contributed by atoms with Crippen LogP contribution < -0.4 is 10.5 Å². The SMILES string of the molecule is Cc1ccc(S(=O)(=O)Nc2[nH]ncc2C)cc1C(N)=O. The molecule has 1 aromatic carbocycles. The van der Waals surface area contributed by atoms with E-state index in [4.69, 9.17) is 5.73 Å². The number of nitrogens with zero attached hydrogens (tertiary/aromatic N) is 1. The molecule has 0 aliphatic rings. The molecule has 0 saturated heterocycles. The molecule has 0 unspecified atom stereocenters. The van der Waals surface area contributed by atoms with E-state index in [1.165, 1.54) is 24.4 Å². The molecule has 0 saturated carbocycles. The Balaban J connectivity index is 2.42. The second kappa shape index (κ2) is 4.97. The molecule has 7 nitrogen and oxygen atoms in total. The van der Waals surface area contributed by atoms with Crippen molar-refractivity contribution in [3.05, 3.63) is 41.1 Å². The number of aromatic nitrogens is 2. The third-order valence-electron chi connectivity index (χ3n) is 2.85. The maximum atomic E-state index is 12.2. The minimum absolute atomic E-state index is 0.0362. The van der Waals surface area contributed by atoms with Crippen LogP contribution in [-0.2, 0) is 10.0 Å². The smallest absolute Gasteiger partial charge is 0.263 e. The molecule has 0 aliphatic heterocycles. The summed E-state index contributed by atoms with van der Waals surface area (Å²) in [5.74, 6) is -0.386. The summed E-state index contributed by atoms with van der Waals surface area (Å²) < 4.78 is 26.8. The van der Waals surface area contributed by atoms with Gasteiger partial charge in [-0.3, -0.25) is 14.6 Å². The number of nitrogens with two attached hydrogens (primary N) is 1. The van der Waals surface area contributed by atoms with Crippen molar-refractivity contribution in [3.63, 3.8) is 0 Å². The average molecular weight is 294 g/mol. The van der Waals surface area contributed by atoms with Gasteiger partial charge < -0.3 is 5.73 Å². The van der Waals surface area contributed by atoms with Gasteiger partial charge in [-0.2, -0.15) is 5.10 Å². The summed E-state index contributed by atoms with van der Waals surface area (Å²) in [7, 11) is -3.81. The lowest BCUT2D eigenvalue weighted by atomic mass is 10.1. The number of anilines is 1. The zero-order chi connectivity index (χ0) is 14.9. The largest absolute Gasteiger partial charge is 0.366 e. The number of benzene rings is 1. The van der Waals surface area contributed by atoms with Gasteiger partial charge in [-0.05, 0) is 31.5 Å². The lowest BCUT2D eigenvalue weighted by Crippen LogP contribution is -2.17. The van der Waals surface area contributed by atoms with E-state index in [2.05, 4.69) is 14.9 Å². The van der Waals surface area contributed by atoms with Crippen LogP contribution >= 0.6 is 0 Å². The number of nitrogens with one attached hydrogen (secondary N) is 2. The molecule has 20 heavy (non-hydrogen) atoms. The summed E-state index contributed by atoms with van der Waals surface area (Å²) in [5.41, 5.74) is 6.67. The normalized spacial score (nSPS) is 11.3. The average Bonchev–Trinajstić information content (AvgIpc) is 2.74. The van der Waals surface area contributed by atoms with Gasteiger partial charge in [0.25, 0.3) is 10.0 Å². The van der Waals surface area contributed by atoms with E-state index in [0.29, 0.717) is 11.1 Å². The number of amides is 1. The third-order valence-corrected chi connectivity index (χ3v) is 4.20. The first-order chi connectivity index (χ1) is 9.31. The Bertz CT molecular complexity index is 765. The number of primary amides is 1. The van der Waals surface area contributed by atoms with E-state index in [1.54, 1.807) is 13.8 Å². The van der Waals surface area contributed by atoms with Gasteiger partial charge >= 0.3 is 0 Å². The Morgan fingerprint density at radius 2 is 2.00 bits per heavy atom. The predicted molar refractivity (Wildman–Crippen MR) is 73.8 cm³/mol. The highest BCUT2D eigenvalue weighted by atomic mass is 32.2. The van der Waals surface area contributed by atoms with Gasteiger partial charge in [0.15, 0.2) is 0 Å². The van der Waals surface area contributed by atoms with Crippen LogP contribution in [0.2, 0.25) is 0 Å². The van der Waals surface area contributed by atoms with Gasteiger partial charge in [0.2, 0.25) is 5.91 Å². The number of aryl methyl sites for hydroxylation is 2. The highest BCUT2D eigenvalue weighted by Gasteiger charge is 2.18. The molecule has 0 atom stereocenters. The molecule has 0 fully saturated rings. The van der Waals surface area contributed by atoms with Crippen molar-refractivity contribution >= 4 is 21.7 Å². The van der Waals surface area contributed by atoms with Crippen molar-refractivity contribution < 1.29 is 13.2 Å². The van der Waals surface area contributed by atoms with Crippen LogP contribution in [0, 0.1) is 13.8 Å². The molecule has 4 N–H and O–H groups in total. The number of carbonyl (C=O) groups is 1. The minimum atomic E-state index is -3.81. The highest BCUT2D eigenvalue weighted by molar-refractivity contribution is 7.92. The first-order valence-corrected chi connectivity index (χ1v) is 7.23. The van der Waals surface area contributed by atoms with Gasteiger partial charge in [-0.25, -0.2) is 8.42 Å². The topological polar surface area (TPSA) is 118 Å². The molecule has 0 aliphatic carbocycles. The molecule has 0 spiro atoms. The van der Waals surface area contributed by atoms with Crippen LogP contribution in [0.4, 0.5) is 5.82 Å². The van der Waals surface area contributed by atoms with Crippen LogP contribution in [0.15, 0.2) is 29.3 Å². The van der Waals surface area contributed by atoms with Crippen LogP contribution in [0.25, 0.3) is 0 Å². The quantitative estimate of drug-likeness (QED) is 0.777. The molecule has 0 bridgehead atoms. The molecule has 1 aromatic heterocycles. The van der Waals surface area contributed by atoms with E-state index in [1.807, 2.05) is 0 Å². The van der Waals surface area contributed by atoms with Crippen LogP contribution in [0.3, 0.4) is 0 Å². The van der Waals surface area contributed by atoms with Gasteiger partial charge in [-0.1, -0.05) is 6.07 Å². The summed E-state index contributed by atoms with van der Waals surface area (Å²) in [5, 5.41) is 6.28. The number of hydrogen-bond acceptors (Lipinski definition) is 4. The van der Waals surface area contributed by atoms with Crippen molar-refractivity contribution in [2.75, 3.05) is 4.72 Å². The molecule has 2 rings (SSSR count). The Kier molecular flexibility index (Phi) is 3.49. The molecule has 8 heteroatoms. The summed E-state index contributed by atoms with van der Waals surface area (Å²) in [6, 6.07) is 4.20. The maximum Gasteiger partial charge on any atom is 0.263 e. The summed E-state index contributed by atoms with van der Waals surface area (Å²) >= 11 is 0. The fourth-order valence-corrected chi connectivity index (χ4v) is 2.79.